The number of oxazole rings is 1. The number of aromatic nitrogens is 1. The second-order valence-electron chi connectivity index (χ2n) is 4.02. The Morgan fingerprint density at radius 3 is 2.63 bits per heavy atom. The van der Waals surface area contributed by atoms with Crippen LogP contribution in [0.3, 0.4) is 0 Å². The number of carbonyl (C=O) groups is 2. The third-order valence-corrected chi connectivity index (χ3v) is 2.69. The van der Waals surface area contributed by atoms with E-state index in [1.165, 1.54) is 12.5 Å². The third-order valence-electron chi connectivity index (χ3n) is 2.69. The van der Waals surface area contributed by atoms with Crippen molar-refractivity contribution >= 4 is 17.6 Å². The maximum absolute atomic E-state index is 12.0. The van der Waals surface area contributed by atoms with Crippen LogP contribution in [0.25, 0.3) is 0 Å². The first-order valence-corrected chi connectivity index (χ1v) is 5.55. The third kappa shape index (κ3) is 2.47. The second kappa shape index (κ2) is 4.93. The summed E-state index contributed by atoms with van der Waals surface area (Å²) in [7, 11) is 0. The molecule has 19 heavy (non-hydrogen) atoms. The Morgan fingerprint density at radius 1 is 1.32 bits per heavy atom. The molecular formula is C13H12N2O4. The average molecular weight is 260 g/mol. The van der Waals surface area contributed by atoms with Gasteiger partial charge in [-0.25, -0.2) is 9.78 Å². The van der Waals surface area contributed by atoms with Crippen molar-refractivity contribution in [3.8, 4) is 0 Å². The van der Waals surface area contributed by atoms with Crippen LogP contribution in [-0.4, -0.2) is 22.0 Å². The Bertz CT molecular complexity index is 646. The molecular weight excluding hydrogens is 248 g/mol. The number of hydrogen-bond donors (Lipinski definition) is 2. The van der Waals surface area contributed by atoms with E-state index < -0.39 is 11.9 Å². The van der Waals surface area contributed by atoms with Crippen molar-refractivity contribution in [2.24, 2.45) is 0 Å². The number of aromatic carboxylic acids is 1. The second-order valence-corrected chi connectivity index (χ2v) is 4.02. The number of carbonyl (C=O) groups excluding carboxylic acids is 1. The molecule has 98 valence electrons. The van der Waals surface area contributed by atoms with E-state index in [0.29, 0.717) is 11.3 Å². The van der Waals surface area contributed by atoms with Crippen LogP contribution in [0.4, 0.5) is 5.69 Å². The first-order valence-electron chi connectivity index (χ1n) is 5.55. The molecule has 2 aromatic rings. The molecule has 0 atom stereocenters. The van der Waals surface area contributed by atoms with E-state index in [-0.39, 0.29) is 17.0 Å². The Labute approximate surface area is 109 Å². The summed E-state index contributed by atoms with van der Waals surface area (Å²) in [5.41, 5.74) is 1.40. The van der Waals surface area contributed by atoms with Gasteiger partial charge >= 0.3 is 5.97 Å². The van der Waals surface area contributed by atoms with E-state index in [1.54, 1.807) is 26.0 Å². The smallest absolute Gasteiger partial charge is 0.337 e. The van der Waals surface area contributed by atoms with E-state index >= 15 is 0 Å². The predicted molar refractivity (Wildman–Crippen MR) is 67.3 cm³/mol. The molecule has 0 bridgehead atoms. The maximum atomic E-state index is 12.0. The molecule has 1 aromatic carbocycles. The van der Waals surface area contributed by atoms with Crippen LogP contribution in [0, 0.1) is 13.8 Å². The molecule has 0 aliphatic rings. The highest BCUT2D eigenvalue weighted by Crippen LogP contribution is 2.21. The quantitative estimate of drug-likeness (QED) is 0.882. The first kappa shape index (κ1) is 12.8. The standard InChI is InChI=1S/C13H12N2O4/c1-7-4-3-5-9(13(17)18)10(7)15-12(16)11-8(2)14-6-19-11/h3-6H,1-2H3,(H,15,16)(H,17,18). The summed E-state index contributed by atoms with van der Waals surface area (Å²) in [6.45, 7) is 3.35. The van der Waals surface area contributed by atoms with Crippen molar-refractivity contribution in [1.29, 1.82) is 0 Å². The van der Waals surface area contributed by atoms with E-state index in [1.807, 2.05) is 0 Å². The summed E-state index contributed by atoms with van der Waals surface area (Å²) in [5.74, 6) is -1.56. The highest BCUT2D eigenvalue weighted by molar-refractivity contribution is 6.07. The monoisotopic (exact) mass is 260 g/mol. The molecule has 1 aromatic heterocycles. The first-order chi connectivity index (χ1) is 9.00. The molecule has 0 aliphatic heterocycles. The number of aryl methyl sites for hydroxylation is 2. The van der Waals surface area contributed by atoms with Gasteiger partial charge < -0.3 is 14.8 Å². The molecule has 0 unspecified atom stereocenters. The van der Waals surface area contributed by atoms with Crippen LogP contribution in [0.1, 0.15) is 32.2 Å². The number of hydrogen-bond acceptors (Lipinski definition) is 4. The summed E-state index contributed by atoms with van der Waals surface area (Å²) in [4.78, 5) is 26.9. The predicted octanol–water partition coefficient (Wildman–Crippen LogP) is 2.24. The van der Waals surface area contributed by atoms with Crippen LogP contribution in [0.15, 0.2) is 29.0 Å². The van der Waals surface area contributed by atoms with Gasteiger partial charge in [0.15, 0.2) is 6.39 Å². The van der Waals surface area contributed by atoms with E-state index in [4.69, 9.17) is 9.52 Å². The topological polar surface area (TPSA) is 92.4 Å². The summed E-state index contributed by atoms with van der Waals surface area (Å²) >= 11 is 0. The Hall–Kier alpha value is -2.63. The summed E-state index contributed by atoms with van der Waals surface area (Å²) in [6.07, 6.45) is 1.17. The zero-order valence-corrected chi connectivity index (χ0v) is 10.4. The van der Waals surface area contributed by atoms with Crippen molar-refractivity contribution in [1.82, 2.24) is 4.98 Å². The van der Waals surface area contributed by atoms with Crippen molar-refractivity contribution in [2.75, 3.05) is 5.32 Å². The molecule has 0 saturated carbocycles. The minimum atomic E-state index is -1.10. The number of anilines is 1. The molecule has 1 amide bonds. The zero-order valence-electron chi connectivity index (χ0n) is 10.4. The van der Waals surface area contributed by atoms with Gasteiger partial charge in [-0.1, -0.05) is 12.1 Å². The van der Waals surface area contributed by atoms with Gasteiger partial charge in [-0.3, -0.25) is 4.79 Å². The molecule has 0 aliphatic carbocycles. The lowest BCUT2D eigenvalue weighted by atomic mass is 10.1. The molecule has 0 radical (unpaired) electrons. The Balaban J connectivity index is 2.36. The van der Waals surface area contributed by atoms with Gasteiger partial charge in [0.1, 0.15) is 0 Å². The van der Waals surface area contributed by atoms with Gasteiger partial charge in [-0.2, -0.15) is 0 Å². The lowest BCUT2D eigenvalue weighted by Gasteiger charge is -2.10. The molecule has 2 rings (SSSR count). The number of rotatable bonds is 3. The Morgan fingerprint density at radius 2 is 2.05 bits per heavy atom. The molecule has 0 fully saturated rings. The Kier molecular flexibility index (Phi) is 3.33. The maximum Gasteiger partial charge on any atom is 0.337 e. The molecule has 2 N–H and O–H groups in total. The molecule has 0 saturated heterocycles. The van der Waals surface area contributed by atoms with Gasteiger partial charge in [0.05, 0.1) is 16.9 Å². The zero-order chi connectivity index (χ0) is 14.0. The summed E-state index contributed by atoms with van der Waals surface area (Å²) in [6, 6.07) is 4.77. The molecule has 6 nitrogen and oxygen atoms in total. The number of benzene rings is 1. The average Bonchev–Trinajstić information content (AvgIpc) is 2.77. The van der Waals surface area contributed by atoms with Gasteiger partial charge in [-0.15, -0.1) is 0 Å². The highest BCUT2D eigenvalue weighted by Gasteiger charge is 2.18. The van der Waals surface area contributed by atoms with Crippen LogP contribution in [0.5, 0.6) is 0 Å². The normalized spacial score (nSPS) is 10.2. The van der Waals surface area contributed by atoms with Crippen LogP contribution in [-0.2, 0) is 0 Å². The number of carboxylic acids is 1. The SMILES string of the molecule is Cc1cccc(C(=O)O)c1NC(=O)c1ocnc1C. The number of nitrogens with zero attached hydrogens (tertiary/aromatic N) is 1. The molecule has 0 spiro atoms. The van der Waals surface area contributed by atoms with Gasteiger partial charge in [-0.05, 0) is 25.5 Å². The molecule has 6 heteroatoms. The fraction of sp³-hybridized carbons (Fsp3) is 0.154. The van der Waals surface area contributed by atoms with Crippen LogP contribution >= 0.6 is 0 Å². The number of amides is 1. The van der Waals surface area contributed by atoms with Crippen molar-refractivity contribution in [2.45, 2.75) is 13.8 Å². The fourth-order valence-electron chi connectivity index (χ4n) is 1.70. The number of nitrogens with one attached hydrogen (secondary N) is 1. The van der Waals surface area contributed by atoms with Crippen LogP contribution < -0.4 is 5.32 Å². The summed E-state index contributed by atoms with van der Waals surface area (Å²) < 4.78 is 4.97. The lowest BCUT2D eigenvalue weighted by molar-refractivity contribution is 0.0698. The van der Waals surface area contributed by atoms with Crippen molar-refractivity contribution in [3.63, 3.8) is 0 Å². The lowest BCUT2D eigenvalue weighted by Crippen LogP contribution is -2.16. The van der Waals surface area contributed by atoms with Crippen molar-refractivity contribution in [3.05, 3.63) is 47.2 Å². The molecule has 1 heterocycles. The van der Waals surface area contributed by atoms with Gasteiger partial charge in [0, 0.05) is 0 Å². The van der Waals surface area contributed by atoms with Crippen molar-refractivity contribution < 1.29 is 19.1 Å². The van der Waals surface area contributed by atoms with Gasteiger partial charge in [0.2, 0.25) is 5.76 Å². The number of carboxylic acid groups (broad SMARTS) is 1. The summed E-state index contributed by atoms with van der Waals surface area (Å²) in [5, 5.41) is 11.7. The van der Waals surface area contributed by atoms with Gasteiger partial charge in [0.25, 0.3) is 5.91 Å². The minimum Gasteiger partial charge on any atom is -0.478 e. The number of para-hydroxylation sites is 1. The largest absolute Gasteiger partial charge is 0.478 e. The minimum absolute atomic E-state index is 0.0329. The van der Waals surface area contributed by atoms with E-state index in [0.717, 1.165) is 0 Å². The van der Waals surface area contributed by atoms with E-state index in [2.05, 4.69) is 10.3 Å². The van der Waals surface area contributed by atoms with Crippen LogP contribution in [0.2, 0.25) is 0 Å². The van der Waals surface area contributed by atoms with E-state index in [9.17, 15) is 9.59 Å². The fourth-order valence-corrected chi connectivity index (χ4v) is 1.70. The highest BCUT2D eigenvalue weighted by atomic mass is 16.4.